The van der Waals surface area contributed by atoms with E-state index in [1.807, 2.05) is 13.0 Å². The maximum Gasteiger partial charge on any atom is 0.264 e. The van der Waals surface area contributed by atoms with Crippen LogP contribution in [0.2, 0.25) is 0 Å². The molecule has 0 bridgehead atoms. The van der Waals surface area contributed by atoms with E-state index >= 15 is 0 Å². The molecule has 0 aromatic carbocycles. The molecule has 94 valence electrons. The second-order valence-electron chi connectivity index (χ2n) is 3.81. The van der Waals surface area contributed by atoms with Gasteiger partial charge < -0.3 is 10.0 Å². The molecule has 1 N–H and O–H groups in total. The van der Waals surface area contributed by atoms with Crippen LogP contribution >= 0.6 is 11.3 Å². The maximum atomic E-state index is 12.2. The standard InChI is InChI=1S/C13H19NO2S/c1-4-6-14(7-8-15)13(16)12-9-11(5-2)10(3)17-12/h4,9,15H,1,5-8H2,2-3H3. The minimum absolute atomic E-state index is 0.0215. The molecule has 0 aliphatic rings. The fourth-order valence-corrected chi connectivity index (χ4v) is 2.77. The summed E-state index contributed by atoms with van der Waals surface area (Å²) >= 11 is 1.52. The molecule has 0 atom stereocenters. The normalized spacial score (nSPS) is 10.3. The quantitative estimate of drug-likeness (QED) is 0.790. The molecule has 0 aliphatic heterocycles. The van der Waals surface area contributed by atoms with Gasteiger partial charge in [-0.05, 0) is 25.0 Å². The third-order valence-electron chi connectivity index (χ3n) is 2.62. The van der Waals surface area contributed by atoms with Gasteiger partial charge in [-0.3, -0.25) is 4.79 Å². The van der Waals surface area contributed by atoms with Crippen LogP contribution in [0.5, 0.6) is 0 Å². The van der Waals surface area contributed by atoms with Crippen molar-refractivity contribution in [2.75, 3.05) is 19.7 Å². The first-order valence-corrected chi connectivity index (χ1v) is 6.56. The minimum atomic E-state index is -0.0232. The van der Waals surface area contributed by atoms with Crippen LogP contribution in [0.1, 0.15) is 27.0 Å². The summed E-state index contributed by atoms with van der Waals surface area (Å²) in [5.41, 5.74) is 1.22. The summed E-state index contributed by atoms with van der Waals surface area (Å²) in [5, 5.41) is 8.94. The second-order valence-corrected chi connectivity index (χ2v) is 5.07. The maximum absolute atomic E-state index is 12.2. The molecule has 1 aromatic rings. The zero-order valence-corrected chi connectivity index (χ0v) is 11.2. The molecule has 0 saturated heterocycles. The Kier molecular flexibility index (Phi) is 5.38. The Morgan fingerprint density at radius 1 is 1.65 bits per heavy atom. The number of amides is 1. The molecule has 0 radical (unpaired) electrons. The lowest BCUT2D eigenvalue weighted by Crippen LogP contribution is -2.33. The van der Waals surface area contributed by atoms with E-state index in [4.69, 9.17) is 5.11 Å². The highest BCUT2D eigenvalue weighted by molar-refractivity contribution is 7.14. The van der Waals surface area contributed by atoms with Crippen LogP contribution in [0.25, 0.3) is 0 Å². The Morgan fingerprint density at radius 3 is 2.82 bits per heavy atom. The summed E-state index contributed by atoms with van der Waals surface area (Å²) in [5.74, 6) is -0.0215. The molecule has 1 amide bonds. The lowest BCUT2D eigenvalue weighted by Gasteiger charge is -2.18. The minimum Gasteiger partial charge on any atom is -0.395 e. The van der Waals surface area contributed by atoms with Crippen molar-refractivity contribution < 1.29 is 9.90 Å². The third kappa shape index (κ3) is 3.41. The van der Waals surface area contributed by atoms with E-state index in [1.165, 1.54) is 21.8 Å². The summed E-state index contributed by atoms with van der Waals surface area (Å²) in [6, 6.07) is 1.95. The van der Waals surface area contributed by atoms with Crippen molar-refractivity contribution in [1.82, 2.24) is 4.90 Å². The van der Waals surface area contributed by atoms with Crippen molar-refractivity contribution >= 4 is 17.2 Å². The zero-order chi connectivity index (χ0) is 12.8. The number of hydrogen-bond donors (Lipinski definition) is 1. The molecule has 17 heavy (non-hydrogen) atoms. The van der Waals surface area contributed by atoms with Crippen molar-refractivity contribution in [3.63, 3.8) is 0 Å². The van der Waals surface area contributed by atoms with Gasteiger partial charge in [0.25, 0.3) is 5.91 Å². The van der Waals surface area contributed by atoms with Crippen LogP contribution in [0.4, 0.5) is 0 Å². The molecule has 4 heteroatoms. The predicted molar refractivity (Wildman–Crippen MR) is 71.6 cm³/mol. The number of aliphatic hydroxyl groups excluding tert-OH is 1. The van der Waals surface area contributed by atoms with E-state index in [9.17, 15) is 4.79 Å². The van der Waals surface area contributed by atoms with E-state index in [-0.39, 0.29) is 12.5 Å². The lowest BCUT2D eigenvalue weighted by atomic mass is 10.2. The Morgan fingerprint density at radius 2 is 2.35 bits per heavy atom. The van der Waals surface area contributed by atoms with Gasteiger partial charge in [-0.2, -0.15) is 0 Å². The zero-order valence-electron chi connectivity index (χ0n) is 10.4. The number of carbonyl (C=O) groups excluding carboxylic acids is 1. The van der Waals surface area contributed by atoms with E-state index in [2.05, 4.69) is 13.5 Å². The first-order valence-electron chi connectivity index (χ1n) is 5.74. The van der Waals surface area contributed by atoms with Gasteiger partial charge in [0.15, 0.2) is 0 Å². The third-order valence-corrected chi connectivity index (χ3v) is 3.70. The number of aryl methyl sites for hydroxylation is 2. The highest BCUT2D eigenvalue weighted by atomic mass is 32.1. The van der Waals surface area contributed by atoms with Gasteiger partial charge in [-0.15, -0.1) is 17.9 Å². The molecule has 0 unspecified atom stereocenters. The molecule has 1 aromatic heterocycles. The molecule has 0 fully saturated rings. The largest absolute Gasteiger partial charge is 0.395 e. The van der Waals surface area contributed by atoms with Gasteiger partial charge in [-0.1, -0.05) is 13.0 Å². The van der Waals surface area contributed by atoms with E-state index in [1.54, 1.807) is 11.0 Å². The molecule has 0 saturated carbocycles. The second kappa shape index (κ2) is 6.57. The van der Waals surface area contributed by atoms with Crippen LogP contribution in [-0.4, -0.2) is 35.6 Å². The number of carbonyl (C=O) groups is 1. The number of aliphatic hydroxyl groups is 1. The summed E-state index contributed by atoms with van der Waals surface area (Å²) in [4.78, 5) is 15.7. The smallest absolute Gasteiger partial charge is 0.264 e. The lowest BCUT2D eigenvalue weighted by molar-refractivity contribution is 0.0747. The average molecular weight is 253 g/mol. The Bertz CT molecular complexity index is 398. The SMILES string of the molecule is C=CCN(CCO)C(=O)c1cc(CC)c(C)s1. The van der Waals surface area contributed by atoms with Crippen molar-refractivity contribution in [2.24, 2.45) is 0 Å². The van der Waals surface area contributed by atoms with Crippen LogP contribution in [0, 0.1) is 6.92 Å². The molecule has 1 heterocycles. The number of rotatable bonds is 6. The molecular weight excluding hydrogens is 234 g/mol. The number of nitrogens with zero attached hydrogens (tertiary/aromatic N) is 1. The van der Waals surface area contributed by atoms with Gasteiger partial charge in [0.05, 0.1) is 11.5 Å². The van der Waals surface area contributed by atoms with Crippen molar-refractivity contribution in [3.8, 4) is 0 Å². The van der Waals surface area contributed by atoms with Crippen molar-refractivity contribution in [3.05, 3.63) is 34.0 Å². The topological polar surface area (TPSA) is 40.5 Å². The highest BCUT2D eigenvalue weighted by Gasteiger charge is 2.17. The fraction of sp³-hybridized carbons (Fsp3) is 0.462. The molecular formula is C13H19NO2S. The van der Waals surface area contributed by atoms with E-state index < -0.39 is 0 Å². The predicted octanol–water partition coefficient (Wildman–Crippen LogP) is 2.24. The molecule has 1 rings (SSSR count). The van der Waals surface area contributed by atoms with E-state index in [0.717, 1.165) is 11.3 Å². The van der Waals surface area contributed by atoms with Gasteiger partial charge in [0, 0.05) is 18.0 Å². The molecule has 0 spiro atoms. The van der Waals surface area contributed by atoms with Crippen LogP contribution in [0.15, 0.2) is 18.7 Å². The summed E-state index contributed by atoms with van der Waals surface area (Å²) in [7, 11) is 0. The van der Waals surface area contributed by atoms with Gasteiger partial charge in [0.2, 0.25) is 0 Å². The Balaban J connectivity index is 2.88. The number of thiophene rings is 1. The fourth-order valence-electron chi connectivity index (χ4n) is 1.68. The first-order chi connectivity index (χ1) is 8.13. The van der Waals surface area contributed by atoms with E-state index in [0.29, 0.717) is 13.1 Å². The van der Waals surface area contributed by atoms with Gasteiger partial charge >= 0.3 is 0 Å². The van der Waals surface area contributed by atoms with Crippen molar-refractivity contribution in [1.29, 1.82) is 0 Å². The van der Waals surface area contributed by atoms with Crippen LogP contribution < -0.4 is 0 Å². The number of hydrogen-bond acceptors (Lipinski definition) is 3. The monoisotopic (exact) mass is 253 g/mol. The van der Waals surface area contributed by atoms with Crippen LogP contribution in [0.3, 0.4) is 0 Å². The Hall–Kier alpha value is -1.13. The van der Waals surface area contributed by atoms with Gasteiger partial charge in [0.1, 0.15) is 0 Å². The molecule has 0 aliphatic carbocycles. The summed E-state index contributed by atoms with van der Waals surface area (Å²) in [6.07, 6.45) is 2.62. The first kappa shape index (κ1) is 13.9. The van der Waals surface area contributed by atoms with Crippen LogP contribution in [-0.2, 0) is 6.42 Å². The summed E-state index contributed by atoms with van der Waals surface area (Å²) < 4.78 is 0. The van der Waals surface area contributed by atoms with Crippen molar-refractivity contribution in [2.45, 2.75) is 20.3 Å². The molecule has 3 nitrogen and oxygen atoms in total. The summed E-state index contributed by atoms with van der Waals surface area (Å²) in [6.45, 7) is 8.54. The Labute approximate surface area is 106 Å². The van der Waals surface area contributed by atoms with Gasteiger partial charge in [-0.25, -0.2) is 0 Å². The average Bonchev–Trinajstić information content (AvgIpc) is 2.69. The highest BCUT2D eigenvalue weighted by Crippen LogP contribution is 2.23.